The van der Waals surface area contributed by atoms with E-state index in [-0.39, 0.29) is 10.8 Å². The van der Waals surface area contributed by atoms with Crippen LogP contribution in [0.5, 0.6) is 0 Å². The van der Waals surface area contributed by atoms with Gasteiger partial charge in [-0.1, -0.05) is 198 Å². The van der Waals surface area contributed by atoms with Gasteiger partial charge in [-0.25, -0.2) is 0 Å². The Bertz CT molecular complexity index is 3880. The number of hydrogen-bond donors (Lipinski definition) is 0. The summed E-state index contributed by atoms with van der Waals surface area (Å²) in [6, 6.07) is 84.5. The standard InChI is InChI=1S/C66H49NOSi/c1-65(2)57-25-12-8-21-49(57)50-34-30-45(40-60(50)65)67(46-31-35-53-52-22-9-13-26-61(52)68-62(53)41-46)44-32-36-58-56(39-44)51-33-29-43(38-59(51)66(58,3)4)42-17-16-20-48(37-42)69(47-18-6-5-7-19-47)63-27-14-10-23-54(63)55-24-11-15-28-64(55)69/h5-41H,1-4H3. The Balaban J connectivity index is 0.903. The molecule has 0 unspecified atom stereocenters. The molecule has 3 aliphatic rings. The fourth-order valence-corrected chi connectivity index (χ4v) is 18.1. The monoisotopic (exact) mass is 899 g/mol. The van der Waals surface area contributed by atoms with Crippen LogP contribution in [0.2, 0.25) is 0 Å². The van der Waals surface area contributed by atoms with Crippen LogP contribution in [-0.2, 0) is 10.8 Å². The maximum atomic E-state index is 6.53. The molecule has 0 amide bonds. The second-order valence-electron chi connectivity index (χ2n) is 20.4. The van der Waals surface area contributed by atoms with Crippen molar-refractivity contribution in [2.45, 2.75) is 38.5 Å². The van der Waals surface area contributed by atoms with E-state index in [1.54, 1.807) is 0 Å². The maximum Gasteiger partial charge on any atom is 0.180 e. The van der Waals surface area contributed by atoms with Gasteiger partial charge in [0.15, 0.2) is 8.07 Å². The van der Waals surface area contributed by atoms with Crippen LogP contribution in [0.4, 0.5) is 17.1 Å². The van der Waals surface area contributed by atoms with Crippen molar-refractivity contribution >= 4 is 67.8 Å². The van der Waals surface area contributed by atoms with Crippen LogP contribution in [0.1, 0.15) is 49.9 Å². The average molecular weight is 900 g/mol. The molecule has 0 fully saturated rings. The summed E-state index contributed by atoms with van der Waals surface area (Å²) in [5.41, 5.74) is 20.6. The van der Waals surface area contributed by atoms with Gasteiger partial charge in [-0.15, -0.1) is 0 Å². The van der Waals surface area contributed by atoms with Crippen LogP contribution in [-0.4, -0.2) is 8.07 Å². The fourth-order valence-electron chi connectivity index (χ4n) is 12.8. The third-order valence-electron chi connectivity index (χ3n) is 16.2. The number of nitrogens with zero attached hydrogens (tertiary/aromatic N) is 1. The molecule has 0 bridgehead atoms. The number of anilines is 3. The molecule has 328 valence electrons. The molecule has 69 heavy (non-hydrogen) atoms. The Morgan fingerprint density at radius 1 is 0.333 bits per heavy atom. The third-order valence-corrected chi connectivity index (χ3v) is 21.0. The van der Waals surface area contributed by atoms with Crippen LogP contribution in [0.3, 0.4) is 0 Å². The zero-order valence-electron chi connectivity index (χ0n) is 39.2. The second kappa shape index (κ2) is 14.5. The first kappa shape index (κ1) is 40.1. The average Bonchev–Trinajstić information content (AvgIpc) is 4.06. The summed E-state index contributed by atoms with van der Waals surface area (Å²) in [4.78, 5) is 2.43. The molecule has 2 aliphatic carbocycles. The minimum absolute atomic E-state index is 0.134. The highest BCUT2D eigenvalue weighted by Crippen LogP contribution is 2.54. The lowest BCUT2D eigenvalue weighted by atomic mass is 9.81. The van der Waals surface area contributed by atoms with Gasteiger partial charge < -0.3 is 9.32 Å². The van der Waals surface area contributed by atoms with E-state index in [4.69, 9.17) is 4.42 Å². The molecule has 14 rings (SSSR count). The summed E-state index contributed by atoms with van der Waals surface area (Å²) in [5.74, 6) is 0. The molecule has 10 aromatic carbocycles. The molecular formula is C66H49NOSi. The first-order valence-corrected chi connectivity index (χ1v) is 26.3. The van der Waals surface area contributed by atoms with Gasteiger partial charge >= 0.3 is 0 Å². The van der Waals surface area contributed by atoms with Gasteiger partial charge in [0, 0.05) is 44.7 Å². The lowest BCUT2D eigenvalue weighted by Crippen LogP contribution is -2.72. The summed E-state index contributed by atoms with van der Waals surface area (Å²) in [5, 5.41) is 8.03. The Labute approximate surface area is 404 Å². The van der Waals surface area contributed by atoms with Crippen molar-refractivity contribution in [2.24, 2.45) is 0 Å². The Morgan fingerprint density at radius 3 is 1.67 bits per heavy atom. The van der Waals surface area contributed by atoms with Crippen LogP contribution < -0.4 is 25.6 Å². The topological polar surface area (TPSA) is 16.4 Å². The predicted molar refractivity (Wildman–Crippen MR) is 292 cm³/mol. The molecule has 0 atom stereocenters. The molecule has 11 aromatic rings. The SMILES string of the molecule is CC1(C)c2ccc(N(c3ccc4c(c3)C(C)(C)c3ccccc3-4)c3ccc4c(c3)oc3ccccc34)cc2-c2ccc(-c3cccc([Si]4(c5ccccc5)c5ccccc5-c5ccccc54)c3)cc21. The summed E-state index contributed by atoms with van der Waals surface area (Å²) >= 11 is 0. The van der Waals surface area contributed by atoms with Gasteiger partial charge in [0.25, 0.3) is 0 Å². The van der Waals surface area contributed by atoms with E-state index in [0.29, 0.717) is 0 Å². The maximum absolute atomic E-state index is 6.53. The Kier molecular flexibility index (Phi) is 8.44. The van der Waals surface area contributed by atoms with Gasteiger partial charge in [0.2, 0.25) is 0 Å². The number of para-hydroxylation sites is 1. The highest BCUT2D eigenvalue weighted by Gasteiger charge is 2.48. The largest absolute Gasteiger partial charge is 0.456 e. The van der Waals surface area contributed by atoms with Gasteiger partial charge in [-0.2, -0.15) is 0 Å². The van der Waals surface area contributed by atoms with Crippen LogP contribution in [0.25, 0.3) is 66.4 Å². The number of fused-ring (bicyclic) bond motifs is 12. The zero-order valence-corrected chi connectivity index (χ0v) is 40.2. The summed E-state index contributed by atoms with van der Waals surface area (Å²) in [6.45, 7) is 9.52. The Morgan fingerprint density at radius 2 is 0.870 bits per heavy atom. The van der Waals surface area contributed by atoms with E-state index in [2.05, 4.69) is 251 Å². The van der Waals surface area contributed by atoms with E-state index in [1.807, 2.05) is 6.07 Å². The van der Waals surface area contributed by atoms with Crippen molar-refractivity contribution in [2.75, 3.05) is 4.90 Å². The van der Waals surface area contributed by atoms with Crippen LogP contribution >= 0.6 is 0 Å². The molecule has 3 heteroatoms. The summed E-state index contributed by atoms with van der Waals surface area (Å²) < 4.78 is 6.53. The first-order chi connectivity index (χ1) is 33.7. The lowest BCUT2D eigenvalue weighted by molar-refractivity contribution is 0.660. The Hall–Kier alpha value is -7.98. The van der Waals surface area contributed by atoms with Gasteiger partial charge in [-0.3, -0.25) is 0 Å². The van der Waals surface area contributed by atoms with E-state index < -0.39 is 8.07 Å². The smallest absolute Gasteiger partial charge is 0.180 e. The van der Waals surface area contributed by atoms with Crippen LogP contribution in [0.15, 0.2) is 229 Å². The summed E-state index contributed by atoms with van der Waals surface area (Å²) in [6.07, 6.45) is 0. The van der Waals surface area contributed by atoms with Crippen molar-refractivity contribution in [3.63, 3.8) is 0 Å². The van der Waals surface area contributed by atoms with Gasteiger partial charge in [0.1, 0.15) is 11.2 Å². The highest BCUT2D eigenvalue weighted by molar-refractivity contribution is 7.22. The normalized spacial score (nSPS) is 15.0. The fraction of sp³-hybridized carbons (Fsp3) is 0.0909. The van der Waals surface area contributed by atoms with E-state index in [9.17, 15) is 0 Å². The predicted octanol–water partition coefficient (Wildman–Crippen LogP) is 14.7. The molecule has 0 saturated carbocycles. The second-order valence-corrected chi connectivity index (χ2v) is 24.1. The zero-order chi connectivity index (χ0) is 46.2. The van der Waals surface area contributed by atoms with E-state index in [1.165, 1.54) is 87.5 Å². The summed E-state index contributed by atoms with van der Waals surface area (Å²) in [7, 11) is -2.63. The van der Waals surface area contributed by atoms with Crippen molar-refractivity contribution in [3.8, 4) is 44.5 Å². The quantitative estimate of drug-likeness (QED) is 0.155. The van der Waals surface area contributed by atoms with Gasteiger partial charge in [0.05, 0.1) is 0 Å². The minimum atomic E-state index is -2.63. The molecule has 1 aromatic heterocycles. The molecule has 0 N–H and O–H groups in total. The number of hydrogen-bond acceptors (Lipinski definition) is 2. The molecule has 0 radical (unpaired) electrons. The number of rotatable bonds is 6. The minimum Gasteiger partial charge on any atom is -0.456 e. The van der Waals surface area contributed by atoms with Crippen molar-refractivity contribution in [1.82, 2.24) is 0 Å². The van der Waals surface area contributed by atoms with Crippen molar-refractivity contribution < 1.29 is 4.42 Å². The number of benzene rings is 10. The molecule has 1 aliphatic heterocycles. The third kappa shape index (κ3) is 5.59. The number of furan rings is 1. The van der Waals surface area contributed by atoms with Gasteiger partial charge in [-0.05, 0) is 136 Å². The van der Waals surface area contributed by atoms with Crippen molar-refractivity contribution in [1.29, 1.82) is 0 Å². The van der Waals surface area contributed by atoms with Crippen molar-refractivity contribution in [3.05, 3.63) is 247 Å². The molecular weight excluding hydrogens is 851 g/mol. The molecule has 0 spiro atoms. The van der Waals surface area contributed by atoms with E-state index in [0.717, 1.165) is 39.0 Å². The molecule has 2 nitrogen and oxygen atoms in total. The van der Waals surface area contributed by atoms with E-state index >= 15 is 0 Å². The lowest BCUT2D eigenvalue weighted by Gasteiger charge is -2.31. The highest BCUT2D eigenvalue weighted by atomic mass is 28.3. The van der Waals surface area contributed by atoms with Crippen LogP contribution in [0, 0.1) is 0 Å². The molecule has 0 saturated heterocycles. The molecule has 2 heterocycles. The first-order valence-electron chi connectivity index (χ1n) is 24.3.